The van der Waals surface area contributed by atoms with Crippen molar-refractivity contribution >= 4 is 16.9 Å². The molecule has 0 aliphatic carbocycles. The number of amides is 1. The highest BCUT2D eigenvalue weighted by atomic mass is 19.1. The molecule has 4 aromatic rings. The van der Waals surface area contributed by atoms with Gasteiger partial charge in [0, 0.05) is 36.8 Å². The lowest BCUT2D eigenvalue weighted by molar-refractivity contribution is 0.0952. The first-order valence-corrected chi connectivity index (χ1v) is 8.69. The molecule has 1 amide bonds. The summed E-state index contributed by atoms with van der Waals surface area (Å²) in [6.45, 7) is 3.81. The van der Waals surface area contributed by atoms with Crippen LogP contribution in [0.25, 0.3) is 16.9 Å². The van der Waals surface area contributed by atoms with Gasteiger partial charge in [0.1, 0.15) is 11.3 Å². The molecular weight excluding hydrogens is 359 g/mol. The first-order valence-electron chi connectivity index (χ1n) is 8.69. The predicted molar refractivity (Wildman–Crippen MR) is 101 cm³/mol. The maximum absolute atomic E-state index is 14.0. The molecule has 28 heavy (non-hydrogen) atoms. The Morgan fingerprint density at radius 3 is 2.75 bits per heavy atom. The monoisotopic (exact) mass is 376 g/mol. The van der Waals surface area contributed by atoms with Crippen molar-refractivity contribution < 1.29 is 9.18 Å². The largest absolute Gasteiger partial charge is 0.348 e. The smallest absolute Gasteiger partial charge is 0.253 e. The number of carbonyl (C=O) groups excluding carboxylic acids is 1. The highest BCUT2D eigenvalue weighted by Crippen LogP contribution is 2.19. The van der Waals surface area contributed by atoms with Gasteiger partial charge in [-0.25, -0.2) is 24.0 Å². The van der Waals surface area contributed by atoms with Crippen molar-refractivity contribution in [3.05, 3.63) is 77.3 Å². The Hall–Kier alpha value is -3.68. The van der Waals surface area contributed by atoms with Crippen LogP contribution in [0.5, 0.6) is 0 Å². The zero-order chi connectivity index (χ0) is 19.7. The standard InChI is InChI=1S/C20H17FN6O/c1-12-13(2)26-18-16(9-15(21)10-17(18)25-12)20(28)23-11-14-5-3-6-22-19(14)27-8-4-7-24-27/h3-10H,11H2,1-2H3,(H,23,28). The van der Waals surface area contributed by atoms with E-state index in [0.29, 0.717) is 28.2 Å². The van der Waals surface area contributed by atoms with Gasteiger partial charge in [0.2, 0.25) is 0 Å². The van der Waals surface area contributed by atoms with Gasteiger partial charge in [0.25, 0.3) is 5.91 Å². The Balaban J connectivity index is 1.65. The number of hydrogen-bond donors (Lipinski definition) is 1. The number of hydrogen-bond acceptors (Lipinski definition) is 5. The van der Waals surface area contributed by atoms with Crippen molar-refractivity contribution in [2.75, 3.05) is 0 Å². The van der Waals surface area contributed by atoms with Crippen molar-refractivity contribution in [1.29, 1.82) is 0 Å². The van der Waals surface area contributed by atoms with Gasteiger partial charge in [0.15, 0.2) is 5.82 Å². The number of pyridine rings is 1. The van der Waals surface area contributed by atoms with Crippen LogP contribution in [0, 0.1) is 19.7 Å². The number of aryl methyl sites for hydroxylation is 2. The number of halogens is 1. The zero-order valence-corrected chi connectivity index (χ0v) is 15.3. The summed E-state index contributed by atoms with van der Waals surface area (Å²) in [4.78, 5) is 25.9. The van der Waals surface area contributed by atoms with E-state index in [1.807, 2.05) is 6.07 Å². The first kappa shape index (κ1) is 17.7. The van der Waals surface area contributed by atoms with E-state index in [1.165, 1.54) is 12.1 Å². The SMILES string of the molecule is Cc1nc2cc(F)cc(C(=O)NCc3cccnc3-n3cccn3)c2nc1C. The molecular formula is C20H17FN6O. The minimum atomic E-state index is -0.534. The van der Waals surface area contributed by atoms with E-state index in [2.05, 4.69) is 25.4 Å². The third kappa shape index (κ3) is 3.32. The summed E-state index contributed by atoms with van der Waals surface area (Å²) in [5.74, 6) is -0.353. The normalized spacial score (nSPS) is 11.0. The fourth-order valence-electron chi connectivity index (χ4n) is 2.91. The molecule has 140 valence electrons. The molecule has 0 fully saturated rings. The molecule has 0 bridgehead atoms. The quantitative estimate of drug-likeness (QED) is 0.592. The fourth-order valence-corrected chi connectivity index (χ4v) is 2.91. The van der Waals surface area contributed by atoms with Crippen molar-refractivity contribution in [3.8, 4) is 5.82 Å². The van der Waals surface area contributed by atoms with Crippen LogP contribution in [0.3, 0.4) is 0 Å². The van der Waals surface area contributed by atoms with Crippen LogP contribution in [-0.2, 0) is 6.54 Å². The van der Waals surface area contributed by atoms with E-state index < -0.39 is 11.7 Å². The van der Waals surface area contributed by atoms with E-state index in [-0.39, 0.29) is 12.1 Å². The van der Waals surface area contributed by atoms with Crippen molar-refractivity contribution in [2.24, 2.45) is 0 Å². The molecule has 0 atom stereocenters. The van der Waals surface area contributed by atoms with Gasteiger partial charge in [0.05, 0.1) is 22.5 Å². The van der Waals surface area contributed by atoms with Crippen molar-refractivity contribution in [1.82, 2.24) is 30.0 Å². The fraction of sp³-hybridized carbons (Fsp3) is 0.150. The maximum Gasteiger partial charge on any atom is 0.253 e. The molecule has 0 aliphatic heterocycles. The minimum absolute atomic E-state index is 0.148. The van der Waals surface area contributed by atoms with Gasteiger partial charge in [-0.05, 0) is 32.0 Å². The van der Waals surface area contributed by atoms with Crippen LogP contribution >= 0.6 is 0 Å². The molecule has 0 saturated carbocycles. The summed E-state index contributed by atoms with van der Waals surface area (Å²) in [5.41, 5.74) is 3.05. The van der Waals surface area contributed by atoms with E-state index >= 15 is 0 Å². The molecule has 7 nitrogen and oxygen atoms in total. The Labute approximate surface area is 160 Å². The van der Waals surface area contributed by atoms with Gasteiger partial charge in [-0.2, -0.15) is 5.10 Å². The average Bonchev–Trinajstić information content (AvgIpc) is 3.21. The second-order valence-corrected chi connectivity index (χ2v) is 6.33. The topological polar surface area (TPSA) is 85.6 Å². The number of nitrogens with one attached hydrogen (secondary N) is 1. The van der Waals surface area contributed by atoms with Crippen LogP contribution in [0.15, 0.2) is 48.9 Å². The molecule has 1 aromatic carbocycles. The third-order valence-electron chi connectivity index (χ3n) is 4.42. The molecule has 3 heterocycles. The molecule has 8 heteroatoms. The highest BCUT2D eigenvalue weighted by molar-refractivity contribution is 6.04. The summed E-state index contributed by atoms with van der Waals surface area (Å²) in [5, 5.41) is 6.99. The molecule has 0 unspecified atom stereocenters. The van der Waals surface area contributed by atoms with Gasteiger partial charge in [-0.15, -0.1) is 0 Å². The molecule has 0 aliphatic rings. The minimum Gasteiger partial charge on any atom is -0.348 e. The summed E-state index contributed by atoms with van der Waals surface area (Å²) in [7, 11) is 0. The average molecular weight is 376 g/mol. The number of nitrogens with zero attached hydrogens (tertiary/aromatic N) is 5. The Morgan fingerprint density at radius 2 is 1.96 bits per heavy atom. The van der Waals surface area contributed by atoms with Crippen LogP contribution in [0.2, 0.25) is 0 Å². The zero-order valence-electron chi connectivity index (χ0n) is 15.3. The van der Waals surface area contributed by atoms with Gasteiger partial charge in [-0.3, -0.25) is 4.79 Å². The maximum atomic E-state index is 14.0. The lowest BCUT2D eigenvalue weighted by Crippen LogP contribution is -2.24. The second kappa shape index (κ2) is 7.15. The van der Waals surface area contributed by atoms with Gasteiger partial charge in [-0.1, -0.05) is 6.07 Å². The van der Waals surface area contributed by atoms with E-state index in [1.54, 1.807) is 49.3 Å². The molecule has 1 N–H and O–H groups in total. The number of fused-ring (bicyclic) bond motifs is 1. The predicted octanol–water partition coefficient (Wildman–Crippen LogP) is 2.90. The summed E-state index contributed by atoms with van der Waals surface area (Å²) < 4.78 is 15.7. The number of carbonyl (C=O) groups is 1. The molecule has 0 spiro atoms. The molecule has 0 radical (unpaired) electrons. The van der Waals surface area contributed by atoms with Crippen LogP contribution in [0.4, 0.5) is 4.39 Å². The highest BCUT2D eigenvalue weighted by Gasteiger charge is 2.16. The lowest BCUT2D eigenvalue weighted by atomic mass is 10.1. The number of benzene rings is 1. The third-order valence-corrected chi connectivity index (χ3v) is 4.42. The van der Waals surface area contributed by atoms with E-state index in [4.69, 9.17) is 0 Å². The van der Waals surface area contributed by atoms with Gasteiger partial charge >= 0.3 is 0 Å². The first-order chi connectivity index (χ1) is 13.5. The molecule has 4 rings (SSSR count). The summed E-state index contributed by atoms with van der Waals surface area (Å²) >= 11 is 0. The number of rotatable bonds is 4. The Bertz CT molecular complexity index is 1170. The summed E-state index contributed by atoms with van der Waals surface area (Å²) in [6, 6.07) is 7.88. The Morgan fingerprint density at radius 1 is 1.14 bits per heavy atom. The Kier molecular flexibility index (Phi) is 4.52. The molecule has 3 aromatic heterocycles. The van der Waals surface area contributed by atoms with E-state index in [0.717, 1.165) is 5.56 Å². The van der Waals surface area contributed by atoms with Crippen molar-refractivity contribution in [2.45, 2.75) is 20.4 Å². The van der Waals surface area contributed by atoms with E-state index in [9.17, 15) is 9.18 Å². The van der Waals surface area contributed by atoms with Crippen LogP contribution in [-0.4, -0.2) is 30.6 Å². The lowest BCUT2D eigenvalue weighted by Gasteiger charge is -2.11. The van der Waals surface area contributed by atoms with Crippen LogP contribution in [0.1, 0.15) is 27.3 Å². The van der Waals surface area contributed by atoms with Gasteiger partial charge < -0.3 is 5.32 Å². The summed E-state index contributed by atoms with van der Waals surface area (Å²) in [6.07, 6.45) is 5.08. The second-order valence-electron chi connectivity index (χ2n) is 6.33. The molecule has 0 saturated heterocycles. The van der Waals surface area contributed by atoms with Crippen molar-refractivity contribution in [3.63, 3.8) is 0 Å². The van der Waals surface area contributed by atoms with Crippen LogP contribution < -0.4 is 5.32 Å². The number of aromatic nitrogens is 5.